The molecule has 1 aromatic carbocycles. The van der Waals surface area contributed by atoms with Crippen LogP contribution in [0, 0.1) is 5.92 Å². The van der Waals surface area contributed by atoms with Crippen LogP contribution in [0.25, 0.3) is 0 Å². The Balaban J connectivity index is 2.33. The third kappa shape index (κ3) is 25.8. The molecule has 1 fully saturated rings. The second kappa shape index (κ2) is 37.9. The lowest BCUT2D eigenvalue weighted by Gasteiger charge is -2.29. The maximum absolute atomic E-state index is 14.3. The first-order valence-corrected chi connectivity index (χ1v) is 30.6. The van der Waals surface area contributed by atoms with Crippen LogP contribution in [0.15, 0.2) is 35.3 Å². The number of nitrogens with two attached hydrogens (primary N) is 5. The average molecular weight is 1240 g/mol. The van der Waals surface area contributed by atoms with E-state index in [0.717, 1.165) is 13.8 Å². The smallest absolute Gasteiger partial charge is 0.245 e. The van der Waals surface area contributed by atoms with Crippen molar-refractivity contribution in [2.75, 3.05) is 43.7 Å². The van der Waals surface area contributed by atoms with Gasteiger partial charge in [-0.05, 0) is 94.8 Å². The summed E-state index contributed by atoms with van der Waals surface area (Å²) in [7, 11) is 0. The maximum Gasteiger partial charge on any atom is 0.245 e. The number of rotatable bonds is 38. The van der Waals surface area contributed by atoms with Gasteiger partial charge in [0.15, 0.2) is 5.96 Å². The van der Waals surface area contributed by atoms with Crippen LogP contribution in [-0.2, 0) is 64.0 Å². The van der Waals surface area contributed by atoms with Crippen molar-refractivity contribution >= 4 is 100 Å². The maximum atomic E-state index is 14.3. The van der Waals surface area contributed by atoms with Crippen molar-refractivity contribution in [3.8, 4) is 0 Å². The van der Waals surface area contributed by atoms with Gasteiger partial charge in [0.25, 0.3) is 0 Å². The number of hydrogen-bond acceptors (Lipinski definition) is 18. The fourth-order valence-corrected chi connectivity index (χ4v) is 9.63. The molecule has 0 aromatic heterocycles. The summed E-state index contributed by atoms with van der Waals surface area (Å²) in [6.45, 7) is 6.83. The van der Waals surface area contributed by atoms with Gasteiger partial charge in [0.2, 0.25) is 70.9 Å². The zero-order valence-electron chi connectivity index (χ0n) is 49.2. The summed E-state index contributed by atoms with van der Waals surface area (Å²) in [5, 5.41) is 43.6. The molecule has 1 saturated heterocycles. The predicted molar refractivity (Wildman–Crippen MR) is 319 cm³/mol. The van der Waals surface area contributed by atoms with Crippen LogP contribution in [0.1, 0.15) is 91.5 Å². The zero-order chi connectivity index (χ0) is 64.1. The summed E-state index contributed by atoms with van der Waals surface area (Å²) in [4.78, 5) is 166. The lowest BCUT2D eigenvalue weighted by molar-refractivity contribution is -0.140. The van der Waals surface area contributed by atoms with Crippen molar-refractivity contribution in [1.82, 2.24) is 52.8 Å². The number of thioether (sulfide) groups is 2. The Kier molecular flexibility index (Phi) is 32.9. The highest BCUT2D eigenvalue weighted by molar-refractivity contribution is 7.98. The number of benzene rings is 1. The Labute approximate surface area is 503 Å². The van der Waals surface area contributed by atoms with E-state index in [9.17, 15) is 67.7 Å². The fraction of sp³-hybridized carbons (Fsp3) is 0.642. The van der Waals surface area contributed by atoms with Gasteiger partial charge in [0.1, 0.15) is 54.4 Å². The van der Waals surface area contributed by atoms with Crippen molar-refractivity contribution in [3.05, 3.63) is 35.9 Å². The molecule has 0 aliphatic carbocycles. The molecule has 476 valence electrons. The van der Waals surface area contributed by atoms with Gasteiger partial charge in [0.05, 0.1) is 31.2 Å². The summed E-state index contributed by atoms with van der Waals surface area (Å²) < 4.78 is 0. The highest BCUT2D eigenvalue weighted by Crippen LogP contribution is 2.19. The lowest BCUT2D eigenvalue weighted by atomic mass is 9.97. The van der Waals surface area contributed by atoms with Crippen LogP contribution in [0.2, 0.25) is 0 Å². The van der Waals surface area contributed by atoms with Crippen molar-refractivity contribution in [3.63, 3.8) is 0 Å². The predicted octanol–water partition coefficient (Wildman–Crippen LogP) is -5.71. The van der Waals surface area contributed by atoms with Crippen molar-refractivity contribution < 1.29 is 67.7 Å². The summed E-state index contributed by atoms with van der Waals surface area (Å²) >= 11 is 2.67. The van der Waals surface area contributed by atoms with Gasteiger partial charge in [-0.1, -0.05) is 50.6 Å². The molecule has 0 spiro atoms. The number of nitrogens with zero attached hydrogens (tertiary/aromatic N) is 2. The summed E-state index contributed by atoms with van der Waals surface area (Å²) in [5.41, 5.74) is 28.0. The van der Waals surface area contributed by atoms with E-state index in [4.69, 9.17) is 28.7 Å². The summed E-state index contributed by atoms with van der Waals surface area (Å²) in [6, 6.07) is -4.68. The fourth-order valence-electron chi connectivity index (χ4n) is 8.69. The number of aliphatic imine (C=N–C) groups is 1. The van der Waals surface area contributed by atoms with Crippen molar-refractivity contribution in [2.24, 2.45) is 39.6 Å². The van der Waals surface area contributed by atoms with Crippen molar-refractivity contribution in [2.45, 2.75) is 165 Å². The van der Waals surface area contributed by atoms with Gasteiger partial charge in [0, 0.05) is 19.5 Å². The standard InChI is InChI=1S/C53H88N16O14S2/c1-8-27(2)40(49(80)63-34(19-23-85-7)46(77)67-42(30(5)71)51(82)68-41(29(4)70)50(81)64-35(43(56)74)25-38(55)72)66-39(73)26-60-44(75)33(18-22-84-6)62-45(76)32(16-12-20-59-53(57)58)61-47(78)36(24-31-14-10-9-11-15-31)65-48(79)37-17-13-21-69(37)52(83)28(3)54/h9-11,14-15,27-30,32-37,40-42,70-71H,8,12-13,16-26,54H2,1-7H3,(H2,55,72)(H2,56,74)(H,60,75)(H,61,78)(H,62,76)(H,63,80)(H,64,81)(H,65,79)(H,66,73)(H,67,77)(H,68,82)(H4,57,58,59)/t27-,28-,29+,30+,32-,33-,34-,35-,36-,37-,40-,41-,42-/m0/s1. The number of carbonyl (C=O) groups is 12. The van der Waals surface area contributed by atoms with Crippen LogP contribution in [-0.4, -0.2) is 208 Å². The van der Waals surface area contributed by atoms with Gasteiger partial charge < -0.3 is 91.6 Å². The minimum Gasteiger partial charge on any atom is -0.391 e. The molecule has 30 nitrogen and oxygen atoms in total. The third-order valence-electron chi connectivity index (χ3n) is 13.6. The van der Waals surface area contributed by atoms with E-state index in [1.807, 2.05) is 0 Å². The molecule has 0 bridgehead atoms. The van der Waals surface area contributed by atoms with E-state index >= 15 is 0 Å². The minimum atomic E-state index is -1.80. The zero-order valence-corrected chi connectivity index (χ0v) is 50.8. The first-order chi connectivity index (χ1) is 40.1. The minimum absolute atomic E-state index is 0.00280. The molecule has 21 N–H and O–H groups in total. The molecule has 1 aliphatic heterocycles. The Hall–Kier alpha value is -7.29. The Morgan fingerprint density at radius 2 is 1.13 bits per heavy atom. The Morgan fingerprint density at radius 3 is 1.65 bits per heavy atom. The third-order valence-corrected chi connectivity index (χ3v) is 14.9. The van der Waals surface area contributed by atoms with Crippen molar-refractivity contribution in [1.29, 1.82) is 0 Å². The average Bonchev–Trinajstić information content (AvgIpc) is 4.06. The van der Waals surface area contributed by atoms with Crippen LogP contribution in [0.5, 0.6) is 0 Å². The normalized spacial score (nSPS) is 17.1. The molecule has 13 atom stereocenters. The molecule has 1 heterocycles. The molecule has 0 unspecified atom stereocenters. The van der Waals surface area contributed by atoms with Crippen LogP contribution < -0.4 is 76.5 Å². The number of amides is 12. The second-order valence-electron chi connectivity index (χ2n) is 20.7. The first-order valence-electron chi connectivity index (χ1n) is 27.8. The van der Waals surface area contributed by atoms with Gasteiger partial charge in [-0.25, -0.2) is 0 Å². The number of primary amides is 2. The molecule has 1 aromatic rings. The summed E-state index contributed by atoms with van der Waals surface area (Å²) in [5.74, 6) is -10.6. The molecule has 12 amide bonds. The van der Waals surface area contributed by atoms with Gasteiger partial charge in [-0.15, -0.1) is 0 Å². The van der Waals surface area contributed by atoms with Crippen LogP contribution >= 0.6 is 23.5 Å². The quantitative estimate of drug-likeness (QED) is 0.0167. The molecular formula is C53H88N16O14S2. The lowest BCUT2D eigenvalue weighted by Crippen LogP contribution is -2.63. The van der Waals surface area contributed by atoms with E-state index in [1.54, 1.807) is 56.7 Å². The topological polar surface area (TPSA) is 499 Å². The van der Waals surface area contributed by atoms with E-state index in [0.29, 0.717) is 37.1 Å². The summed E-state index contributed by atoms with van der Waals surface area (Å²) in [6.07, 6.45) is 0.904. The van der Waals surface area contributed by atoms with E-state index < -0.39 is 162 Å². The Bertz CT molecular complexity index is 2470. The highest BCUT2D eigenvalue weighted by Gasteiger charge is 2.39. The van der Waals surface area contributed by atoms with Crippen LogP contribution in [0.4, 0.5) is 0 Å². The molecule has 32 heteroatoms. The largest absolute Gasteiger partial charge is 0.391 e. The van der Waals surface area contributed by atoms with E-state index in [1.165, 1.54) is 35.3 Å². The molecule has 0 saturated carbocycles. The Morgan fingerprint density at radius 1 is 0.635 bits per heavy atom. The molecule has 1 aliphatic rings. The number of aliphatic hydroxyl groups excluding tert-OH is 2. The first kappa shape index (κ1) is 73.8. The SMILES string of the molecule is CC[C@H](C)[C@H](NC(=O)CNC(=O)[C@H](CCSC)NC(=O)[C@H](CCCN=C(N)N)NC(=O)[C@H](Cc1ccccc1)NC(=O)[C@@H]1CCCN1C(=O)[C@H](C)N)C(=O)N[C@@H](CCSC)C(=O)N[C@H](C(=O)N[C@H](C(=O)N[C@@H](CC(N)=O)C(N)=O)[C@@H](C)O)[C@@H](C)O. The number of hydrogen-bond donors (Lipinski definition) is 16. The van der Waals surface area contributed by atoms with E-state index in [2.05, 4.69) is 52.8 Å². The molecular weight excluding hydrogens is 1150 g/mol. The second-order valence-corrected chi connectivity index (χ2v) is 22.6. The van der Waals surface area contributed by atoms with Gasteiger partial charge in [-0.3, -0.25) is 62.5 Å². The molecule has 85 heavy (non-hydrogen) atoms. The van der Waals surface area contributed by atoms with Gasteiger partial charge in [-0.2, -0.15) is 23.5 Å². The number of guanidine groups is 1. The molecule has 2 rings (SSSR count). The number of carbonyl (C=O) groups excluding carboxylic acids is 12. The van der Waals surface area contributed by atoms with Crippen LogP contribution in [0.3, 0.4) is 0 Å². The molecule has 0 radical (unpaired) electrons. The monoisotopic (exact) mass is 1240 g/mol. The van der Waals surface area contributed by atoms with E-state index in [-0.39, 0.29) is 50.4 Å². The number of nitrogens with one attached hydrogen (secondary N) is 9. The number of likely N-dealkylation sites (tertiary alicyclic amines) is 1. The number of aliphatic hydroxyl groups is 2. The van der Waals surface area contributed by atoms with Gasteiger partial charge >= 0.3 is 0 Å². The highest BCUT2D eigenvalue weighted by atomic mass is 32.2.